The van der Waals surface area contributed by atoms with Gasteiger partial charge in [0.25, 0.3) is 0 Å². The number of thioether (sulfide) groups is 1. The number of methoxy groups -OCH3 is 1. The fraction of sp³-hybridized carbons (Fsp3) is 0.368. The number of fused-ring (bicyclic) bond motifs is 1. The van der Waals surface area contributed by atoms with Crippen LogP contribution in [0.1, 0.15) is 18.5 Å². The standard InChI is InChI=1S/C19H22N6O2S/c1-12-16-17(20)25(13-5-7-14(27-2)8-6-13)19(21-18(16)23-22-12)28-11-15(26)24-9-3-4-10-24/h5-8,20H,3-4,9-11H2,1-2H3,(H,22,23). The van der Waals surface area contributed by atoms with Gasteiger partial charge in [-0.2, -0.15) is 5.10 Å². The molecular weight excluding hydrogens is 376 g/mol. The molecule has 0 aliphatic carbocycles. The zero-order valence-corrected chi connectivity index (χ0v) is 16.7. The number of aryl methyl sites for hydroxylation is 1. The summed E-state index contributed by atoms with van der Waals surface area (Å²) in [7, 11) is 1.62. The molecular formula is C19H22N6O2S. The number of benzene rings is 1. The number of aromatic nitrogens is 4. The monoisotopic (exact) mass is 398 g/mol. The fourth-order valence-electron chi connectivity index (χ4n) is 3.38. The zero-order chi connectivity index (χ0) is 19.7. The first-order chi connectivity index (χ1) is 13.6. The summed E-state index contributed by atoms with van der Waals surface area (Å²) in [5.74, 6) is 1.13. The number of amides is 1. The van der Waals surface area contributed by atoms with Crippen LogP contribution < -0.4 is 10.2 Å². The van der Waals surface area contributed by atoms with Crippen LogP contribution in [0.3, 0.4) is 0 Å². The molecule has 0 saturated carbocycles. The Kier molecular flexibility index (Phi) is 5.08. The first-order valence-electron chi connectivity index (χ1n) is 9.16. The molecule has 1 saturated heterocycles. The van der Waals surface area contributed by atoms with Gasteiger partial charge in [-0.3, -0.25) is 19.9 Å². The van der Waals surface area contributed by atoms with Crippen molar-refractivity contribution in [1.82, 2.24) is 24.6 Å². The molecule has 1 fully saturated rings. The van der Waals surface area contributed by atoms with Crippen molar-refractivity contribution in [3.8, 4) is 11.4 Å². The Hall–Kier alpha value is -2.81. The summed E-state index contributed by atoms with van der Waals surface area (Å²) in [4.78, 5) is 19.0. The lowest BCUT2D eigenvalue weighted by Crippen LogP contribution is -2.29. The normalized spacial score (nSPS) is 14.0. The molecule has 0 spiro atoms. The van der Waals surface area contributed by atoms with E-state index in [-0.39, 0.29) is 17.1 Å². The van der Waals surface area contributed by atoms with E-state index in [1.54, 1.807) is 11.7 Å². The third kappa shape index (κ3) is 3.37. The zero-order valence-electron chi connectivity index (χ0n) is 15.9. The number of nitrogens with one attached hydrogen (secondary N) is 2. The van der Waals surface area contributed by atoms with E-state index in [2.05, 4.69) is 15.2 Å². The molecule has 0 bridgehead atoms. The van der Waals surface area contributed by atoms with Crippen LogP contribution in [-0.4, -0.2) is 56.5 Å². The quantitative estimate of drug-likeness (QED) is 0.507. The average Bonchev–Trinajstić information content (AvgIpc) is 3.37. The highest BCUT2D eigenvalue weighted by molar-refractivity contribution is 7.99. The second-order valence-corrected chi connectivity index (χ2v) is 7.64. The number of rotatable bonds is 5. The van der Waals surface area contributed by atoms with Crippen molar-refractivity contribution in [1.29, 1.82) is 5.41 Å². The summed E-state index contributed by atoms with van der Waals surface area (Å²) in [6.07, 6.45) is 2.13. The van der Waals surface area contributed by atoms with E-state index in [0.29, 0.717) is 16.2 Å². The van der Waals surface area contributed by atoms with Crippen molar-refractivity contribution in [2.75, 3.05) is 26.0 Å². The smallest absolute Gasteiger partial charge is 0.233 e. The molecule has 1 aliphatic rings. The number of H-pyrrole nitrogens is 1. The average molecular weight is 398 g/mol. The van der Waals surface area contributed by atoms with Crippen LogP contribution in [0.4, 0.5) is 0 Å². The maximum absolute atomic E-state index is 12.5. The number of hydrogen-bond acceptors (Lipinski definition) is 6. The van der Waals surface area contributed by atoms with Crippen molar-refractivity contribution in [3.63, 3.8) is 0 Å². The number of ether oxygens (including phenoxy) is 1. The molecule has 1 aliphatic heterocycles. The summed E-state index contributed by atoms with van der Waals surface area (Å²) in [6.45, 7) is 3.52. The molecule has 28 heavy (non-hydrogen) atoms. The van der Waals surface area contributed by atoms with Gasteiger partial charge in [0.2, 0.25) is 5.91 Å². The van der Waals surface area contributed by atoms with Crippen LogP contribution in [0.15, 0.2) is 29.4 Å². The maximum Gasteiger partial charge on any atom is 0.233 e. The predicted octanol–water partition coefficient (Wildman–Crippen LogP) is 2.26. The predicted molar refractivity (Wildman–Crippen MR) is 107 cm³/mol. The van der Waals surface area contributed by atoms with Crippen LogP contribution >= 0.6 is 11.8 Å². The maximum atomic E-state index is 12.5. The number of hydrogen-bond donors (Lipinski definition) is 2. The number of carbonyl (C=O) groups excluding carboxylic acids is 1. The Labute approximate surface area is 166 Å². The number of nitrogens with zero attached hydrogens (tertiary/aromatic N) is 4. The molecule has 8 nitrogen and oxygen atoms in total. The van der Waals surface area contributed by atoms with E-state index >= 15 is 0 Å². The second kappa shape index (κ2) is 7.67. The molecule has 146 valence electrons. The van der Waals surface area contributed by atoms with Gasteiger partial charge < -0.3 is 9.64 Å². The van der Waals surface area contributed by atoms with Crippen LogP contribution in [0.2, 0.25) is 0 Å². The van der Waals surface area contributed by atoms with Gasteiger partial charge in [0, 0.05) is 24.5 Å². The number of aromatic amines is 1. The van der Waals surface area contributed by atoms with E-state index in [0.717, 1.165) is 43.1 Å². The number of carbonyl (C=O) groups is 1. The first kappa shape index (κ1) is 18.5. The van der Waals surface area contributed by atoms with Gasteiger partial charge >= 0.3 is 0 Å². The van der Waals surface area contributed by atoms with Crippen molar-refractivity contribution >= 4 is 28.7 Å². The topological polar surface area (TPSA) is 99.9 Å². The van der Waals surface area contributed by atoms with Crippen LogP contribution in [0, 0.1) is 12.3 Å². The minimum atomic E-state index is 0.107. The van der Waals surface area contributed by atoms with Gasteiger partial charge in [-0.25, -0.2) is 4.98 Å². The SMILES string of the molecule is COc1ccc(-n2c(SCC(=O)N3CCCC3)nc3n[nH]c(C)c3c2=N)cc1. The Bertz CT molecular complexity index is 1070. The largest absolute Gasteiger partial charge is 0.497 e. The van der Waals surface area contributed by atoms with Gasteiger partial charge in [0.15, 0.2) is 10.8 Å². The molecule has 1 aromatic carbocycles. The summed E-state index contributed by atoms with van der Waals surface area (Å²) in [6, 6.07) is 7.45. The molecule has 0 radical (unpaired) electrons. The highest BCUT2D eigenvalue weighted by Crippen LogP contribution is 2.23. The van der Waals surface area contributed by atoms with E-state index in [9.17, 15) is 4.79 Å². The van der Waals surface area contributed by atoms with Crippen molar-refractivity contribution in [2.45, 2.75) is 24.9 Å². The van der Waals surface area contributed by atoms with E-state index in [1.165, 1.54) is 11.8 Å². The summed E-state index contributed by atoms with van der Waals surface area (Å²) in [5.41, 5.74) is 2.36. The second-order valence-electron chi connectivity index (χ2n) is 6.70. The molecule has 4 rings (SSSR count). The Morgan fingerprint density at radius 1 is 1.29 bits per heavy atom. The summed E-state index contributed by atoms with van der Waals surface area (Å²) in [5, 5.41) is 17.1. The van der Waals surface area contributed by atoms with Crippen molar-refractivity contribution < 1.29 is 9.53 Å². The molecule has 0 atom stereocenters. The molecule has 3 heterocycles. The van der Waals surface area contributed by atoms with Gasteiger partial charge in [-0.05, 0) is 44.0 Å². The lowest BCUT2D eigenvalue weighted by atomic mass is 10.2. The number of likely N-dealkylation sites (tertiary alicyclic amines) is 1. The lowest BCUT2D eigenvalue weighted by molar-refractivity contribution is -0.127. The van der Waals surface area contributed by atoms with Crippen LogP contribution in [0.5, 0.6) is 5.75 Å². The van der Waals surface area contributed by atoms with Gasteiger partial charge in [-0.15, -0.1) is 0 Å². The lowest BCUT2D eigenvalue weighted by Gasteiger charge is -2.16. The molecule has 2 aromatic heterocycles. The minimum Gasteiger partial charge on any atom is -0.497 e. The highest BCUT2D eigenvalue weighted by atomic mass is 32.2. The Balaban J connectivity index is 1.74. The molecule has 0 unspecified atom stereocenters. The molecule has 2 N–H and O–H groups in total. The van der Waals surface area contributed by atoms with Crippen molar-refractivity contribution in [2.24, 2.45) is 0 Å². The highest BCUT2D eigenvalue weighted by Gasteiger charge is 2.20. The van der Waals surface area contributed by atoms with E-state index in [1.807, 2.05) is 36.1 Å². The minimum absolute atomic E-state index is 0.107. The van der Waals surface area contributed by atoms with Gasteiger partial charge in [0.1, 0.15) is 11.2 Å². The van der Waals surface area contributed by atoms with Crippen LogP contribution in [-0.2, 0) is 4.79 Å². The van der Waals surface area contributed by atoms with E-state index in [4.69, 9.17) is 10.1 Å². The molecule has 3 aromatic rings. The third-order valence-corrected chi connectivity index (χ3v) is 5.82. The van der Waals surface area contributed by atoms with E-state index < -0.39 is 0 Å². The fourth-order valence-corrected chi connectivity index (χ4v) is 4.29. The third-order valence-electron chi connectivity index (χ3n) is 4.90. The Morgan fingerprint density at radius 3 is 2.68 bits per heavy atom. The summed E-state index contributed by atoms with van der Waals surface area (Å²) < 4.78 is 6.99. The Morgan fingerprint density at radius 2 is 2.00 bits per heavy atom. The van der Waals surface area contributed by atoms with Gasteiger partial charge in [0.05, 0.1) is 18.2 Å². The molecule has 1 amide bonds. The van der Waals surface area contributed by atoms with Gasteiger partial charge in [-0.1, -0.05) is 11.8 Å². The van der Waals surface area contributed by atoms with Crippen LogP contribution in [0.25, 0.3) is 16.7 Å². The first-order valence-corrected chi connectivity index (χ1v) is 10.1. The summed E-state index contributed by atoms with van der Waals surface area (Å²) >= 11 is 1.34. The van der Waals surface area contributed by atoms with Crippen molar-refractivity contribution in [3.05, 3.63) is 35.4 Å². The molecule has 9 heteroatoms.